The van der Waals surface area contributed by atoms with Crippen molar-refractivity contribution in [3.05, 3.63) is 88.0 Å². The Morgan fingerprint density at radius 2 is 1.81 bits per heavy atom. The molecule has 26 heavy (non-hydrogen) atoms. The maximum atomic E-state index is 13.3. The lowest BCUT2D eigenvalue weighted by Gasteiger charge is -1.98. The van der Waals surface area contributed by atoms with Crippen molar-refractivity contribution < 1.29 is 18.3 Å². The zero-order chi connectivity index (χ0) is 18.1. The second kappa shape index (κ2) is 6.72. The number of benzene rings is 2. The van der Waals surface area contributed by atoms with E-state index in [0.29, 0.717) is 17.1 Å². The van der Waals surface area contributed by atoms with E-state index in [1.165, 1.54) is 24.3 Å². The average Bonchev–Trinajstić information content (AvgIpc) is 3.23. The Morgan fingerprint density at radius 3 is 2.58 bits per heavy atom. The Morgan fingerprint density at radius 1 is 1.00 bits per heavy atom. The van der Waals surface area contributed by atoms with Gasteiger partial charge < -0.3 is 9.15 Å². The van der Waals surface area contributed by atoms with Crippen LogP contribution in [0, 0.1) is 5.82 Å². The van der Waals surface area contributed by atoms with Crippen molar-refractivity contribution in [2.24, 2.45) is 4.99 Å². The van der Waals surface area contributed by atoms with Crippen LogP contribution >= 0.6 is 15.9 Å². The van der Waals surface area contributed by atoms with Crippen LogP contribution in [0.2, 0.25) is 0 Å². The van der Waals surface area contributed by atoms with Gasteiger partial charge in [-0.05, 0) is 42.5 Å². The first-order valence-corrected chi connectivity index (χ1v) is 8.52. The number of ether oxygens (including phenoxy) is 1. The van der Waals surface area contributed by atoms with Gasteiger partial charge in [0, 0.05) is 21.7 Å². The maximum absolute atomic E-state index is 13.3. The lowest BCUT2D eigenvalue weighted by molar-refractivity contribution is -0.129. The average molecular weight is 412 g/mol. The molecular weight excluding hydrogens is 401 g/mol. The van der Waals surface area contributed by atoms with E-state index in [0.717, 1.165) is 10.0 Å². The highest BCUT2D eigenvalue weighted by Gasteiger charge is 2.24. The minimum Gasteiger partial charge on any atom is -0.457 e. The van der Waals surface area contributed by atoms with Crippen LogP contribution in [0.5, 0.6) is 0 Å². The number of hydrogen-bond acceptors (Lipinski definition) is 4. The molecule has 2 heterocycles. The molecule has 0 amide bonds. The summed E-state index contributed by atoms with van der Waals surface area (Å²) in [6, 6.07) is 16.9. The van der Waals surface area contributed by atoms with Gasteiger partial charge in [0.1, 0.15) is 17.3 Å². The monoisotopic (exact) mass is 411 g/mol. The maximum Gasteiger partial charge on any atom is 0.363 e. The van der Waals surface area contributed by atoms with E-state index in [4.69, 9.17) is 9.15 Å². The largest absolute Gasteiger partial charge is 0.457 e. The van der Waals surface area contributed by atoms with Gasteiger partial charge in [0.2, 0.25) is 5.90 Å². The van der Waals surface area contributed by atoms with Gasteiger partial charge in [-0.25, -0.2) is 14.2 Å². The van der Waals surface area contributed by atoms with Crippen LogP contribution in [-0.2, 0) is 9.53 Å². The van der Waals surface area contributed by atoms with Gasteiger partial charge in [-0.15, -0.1) is 0 Å². The molecule has 0 N–H and O–H groups in total. The third kappa shape index (κ3) is 3.36. The zero-order valence-electron chi connectivity index (χ0n) is 13.3. The quantitative estimate of drug-likeness (QED) is 0.439. The molecule has 0 saturated carbocycles. The third-order valence-electron chi connectivity index (χ3n) is 3.73. The normalized spacial score (nSPS) is 15.2. The summed E-state index contributed by atoms with van der Waals surface area (Å²) >= 11 is 3.39. The van der Waals surface area contributed by atoms with Gasteiger partial charge in [-0.2, -0.15) is 0 Å². The number of esters is 1. The molecule has 6 heteroatoms. The Hall–Kier alpha value is -2.99. The third-order valence-corrected chi connectivity index (χ3v) is 4.26. The van der Waals surface area contributed by atoms with Crippen LogP contribution < -0.4 is 0 Å². The lowest BCUT2D eigenvalue weighted by Crippen LogP contribution is -2.05. The molecule has 2 aromatic carbocycles. The SMILES string of the molecule is O=C1OC(c2cccc(F)c2)=N/C1=C/c1ccc(-c2ccc(Br)cc2)o1. The molecule has 0 spiro atoms. The molecule has 1 aliphatic rings. The summed E-state index contributed by atoms with van der Waals surface area (Å²) in [6.07, 6.45) is 1.50. The van der Waals surface area contributed by atoms with Crippen molar-refractivity contribution in [2.75, 3.05) is 0 Å². The summed E-state index contributed by atoms with van der Waals surface area (Å²) in [5, 5.41) is 0. The topological polar surface area (TPSA) is 51.8 Å². The summed E-state index contributed by atoms with van der Waals surface area (Å²) < 4.78 is 25.2. The first-order chi connectivity index (χ1) is 12.6. The number of rotatable bonds is 3. The fraction of sp³-hybridized carbons (Fsp3) is 0. The molecule has 0 unspecified atom stereocenters. The van der Waals surface area contributed by atoms with E-state index in [9.17, 15) is 9.18 Å². The minimum atomic E-state index is -0.606. The fourth-order valence-electron chi connectivity index (χ4n) is 2.49. The first kappa shape index (κ1) is 16.5. The summed E-state index contributed by atoms with van der Waals surface area (Å²) in [6.45, 7) is 0. The number of nitrogens with zero attached hydrogens (tertiary/aromatic N) is 1. The van der Waals surface area contributed by atoms with Crippen LogP contribution in [0.3, 0.4) is 0 Å². The van der Waals surface area contributed by atoms with Crippen molar-refractivity contribution in [1.29, 1.82) is 0 Å². The number of hydrogen-bond donors (Lipinski definition) is 0. The molecule has 1 aromatic heterocycles. The van der Waals surface area contributed by atoms with Crippen LogP contribution in [0.15, 0.2) is 80.2 Å². The molecule has 4 rings (SSSR count). The summed E-state index contributed by atoms with van der Waals surface area (Å²) in [5.74, 6) is 0.180. The minimum absolute atomic E-state index is 0.0699. The second-order valence-electron chi connectivity index (χ2n) is 5.56. The van der Waals surface area contributed by atoms with Crippen LogP contribution in [-0.4, -0.2) is 11.9 Å². The number of halogens is 2. The Bertz CT molecular complexity index is 1050. The van der Waals surface area contributed by atoms with Gasteiger partial charge in [-0.1, -0.05) is 34.1 Å². The van der Waals surface area contributed by atoms with Crippen molar-refractivity contribution >= 4 is 33.9 Å². The molecule has 1 aliphatic heterocycles. The van der Waals surface area contributed by atoms with Crippen molar-refractivity contribution in [2.45, 2.75) is 0 Å². The first-order valence-electron chi connectivity index (χ1n) is 7.73. The van der Waals surface area contributed by atoms with E-state index < -0.39 is 11.8 Å². The lowest BCUT2D eigenvalue weighted by atomic mass is 10.2. The van der Waals surface area contributed by atoms with Crippen molar-refractivity contribution in [3.8, 4) is 11.3 Å². The van der Waals surface area contributed by atoms with E-state index in [1.54, 1.807) is 12.1 Å². The Balaban J connectivity index is 1.62. The predicted octanol–water partition coefficient (Wildman–Crippen LogP) is 5.19. The van der Waals surface area contributed by atoms with Gasteiger partial charge in [0.25, 0.3) is 0 Å². The number of carbonyl (C=O) groups is 1. The standard InChI is InChI=1S/C20H11BrFNO3/c21-14-6-4-12(5-7-14)18-9-8-16(25-18)11-17-20(24)26-19(23-17)13-2-1-3-15(22)10-13/h1-11H/b17-11+. The predicted molar refractivity (Wildman–Crippen MR) is 98.9 cm³/mol. The van der Waals surface area contributed by atoms with E-state index in [1.807, 2.05) is 30.3 Å². The van der Waals surface area contributed by atoms with Gasteiger partial charge in [0.05, 0.1) is 0 Å². The summed E-state index contributed by atoms with van der Waals surface area (Å²) in [4.78, 5) is 16.2. The zero-order valence-corrected chi connectivity index (χ0v) is 14.9. The molecule has 128 valence electrons. The fourth-order valence-corrected chi connectivity index (χ4v) is 2.75. The smallest absolute Gasteiger partial charge is 0.363 e. The highest BCUT2D eigenvalue weighted by Crippen LogP contribution is 2.26. The number of furan rings is 1. The van der Waals surface area contributed by atoms with E-state index in [-0.39, 0.29) is 11.6 Å². The molecule has 0 bridgehead atoms. The molecule has 4 nitrogen and oxygen atoms in total. The highest BCUT2D eigenvalue weighted by molar-refractivity contribution is 9.10. The van der Waals surface area contributed by atoms with Crippen molar-refractivity contribution in [3.63, 3.8) is 0 Å². The van der Waals surface area contributed by atoms with Crippen molar-refractivity contribution in [1.82, 2.24) is 0 Å². The Kier molecular flexibility index (Phi) is 4.26. The van der Waals surface area contributed by atoms with Crippen LogP contribution in [0.25, 0.3) is 17.4 Å². The van der Waals surface area contributed by atoms with Gasteiger partial charge >= 0.3 is 5.97 Å². The highest BCUT2D eigenvalue weighted by atomic mass is 79.9. The summed E-state index contributed by atoms with van der Waals surface area (Å²) in [5.41, 5.74) is 1.41. The van der Waals surface area contributed by atoms with Crippen LogP contribution in [0.4, 0.5) is 4.39 Å². The molecule has 0 saturated heterocycles. The molecule has 0 radical (unpaired) electrons. The molecule has 3 aromatic rings. The molecule has 0 atom stereocenters. The number of carbonyl (C=O) groups excluding carboxylic acids is 1. The number of cyclic esters (lactones) is 1. The van der Waals surface area contributed by atoms with Gasteiger partial charge in [0.15, 0.2) is 5.70 Å². The Labute approximate surface area is 156 Å². The molecule has 0 aliphatic carbocycles. The van der Waals surface area contributed by atoms with E-state index >= 15 is 0 Å². The molecule has 0 fully saturated rings. The second-order valence-corrected chi connectivity index (χ2v) is 6.47. The van der Waals surface area contributed by atoms with Crippen LogP contribution in [0.1, 0.15) is 11.3 Å². The number of aliphatic imine (C=N–C) groups is 1. The van der Waals surface area contributed by atoms with E-state index in [2.05, 4.69) is 20.9 Å². The summed E-state index contributed by atoms with van der Waals surface area (Å²) in [7, 11) is 0. The molecular formula is C20H11BrFNO3. The van der Waals surface area contributed by atoms with Gasteiger partial charge in [-0.3, -0.25) is 0 Å².